The van der Waals surface area contributed by atoms with Crippen molar-refractivity contribution in [1.29, 1.82) is 0 Å². The van der Waals surface area contributed by atoms with Crippen LogP contribution < -0.4 is 10.6 Å². The molecule has 1 saturated heterocycles. The van der Waals surface area contributed by atoms with Crippen LogP contribution >= 0.6 is 12.4 Å². The normalized spacial score (nSPS) is 17.1. The predicted molar refractivity (Wildman–Crippen MR) is 68.2 cm³/mol. The molecule has 0 amide bonds. The van der Waals surface area contributed by atoms with Crippen molar-refractivity contribution in [2.75, 3.05) is 18.4 Å². The minimum absolute atomic E-state index is 0. The van der Waals surface area contributed by atoms with E-state index in [9.17, 15) is 13.2 Å². The van der Waals surface area contributed by atoms with Crippen molar-refractivity contribution in [3.05, 3.63) is 29.8 Å². The summed E-state index contributed by atoms with van der Waals surface area (Å²) in [4.78, 5) is 0. The number of piperidine rings is 1. The summed E-state index contributed by atoms with van der Waals surface area (Å²) in [6.45, 7) is 1.71. The molecule has 2 N–H and O–H groups in total. The summed E-state index contributed by atoms with van der Waals surface area (Å²) in [5.74, 6) is 0. The van der Waals surface area contributed by atoms with E-state index in [1.807, 2.05) is 0 Å². The van der Waals surface area contributed by atoms with Gasteiger partial charge in [-0.1, -0.05) is 12.1 Å². The highest BCUT2D eigenvalue weighted by atomic mass is 35.5. The molecule has 1 fully saturated rings. The van der Waals surface area contributed by atoms with Crippen molar-refractivity contribution in [2.45, 2.75) is 25.1 Å². The van der Waals surface area contributed by atoms with Gasteiger partial charge in [-0.3, -0.25) is 0 Å². The van der Waals surface area contributed by atoms with E-state index in [4.69, 9.17) is 0 Å². The van der Waals surface area contributed by atoms with E-state index < -0.39 is 11.7 Å². The molecule has 0 radical (unpaired) electrons. The number of benzene rings is 1. The van der Waals surface area contributed by atoms with E-state index in [-0.39, 0.29) is 24.1 Å². The maximum absolute atomic E-state index is 12.8. The Bertz CT molecular complexity index is 376. The number of halogens is 4. The third-order valence-electron chi connectivity index (χ3n) is 2.93. The molecule has 1 aliphatic rings. The second-order valence-electron chi connectivity index (χ2n) is 4.21. The third-order valence-corrected chi connectivity index (χ3v) is 2.93. The zero-order valence-electron chi connectivity index (χ0n) is 9.76. The average molecular weight is 281 g/mol. The van der Waals surface area contributed by atoms with Gasteiger partial charge >= 0.3 is 6.18 Å². The SMILES string of the molecule is Cl.FC(F)(F)c1ccccc1NC1CCNCC1. The highest BCUT2D eigenvalue weighted by molar-refractivity contribution is 5.85. The highest BCUT2D eigenvalue weighted by Crippen LogP contribution is 2.35. The molecular weight excluding hydrogens is 265 g/mol. The molecule has 1 aliphatic heterocycles. The van der Waals surface area contributed by atoms with Crippen LogP contribution in [0.4, 0.5) is 18.9 Å². The van der Waals surface area contributed by atoms with Crippen molar-refractivity contribution >= 4 is 18.1 Å². The second-order valence-corrected chi connectivity index (χ2v) is 4.21. The summed E-state index contributed by atoms with van der Waals surface area (Å²) in [5.41, 5.74) is -0.398. The molecule has 2 nitrogen and oxygen atoms in total. The summed E-state index contributed by atoms with van der Waals surface area (Å²) < 4.78 is 38.3. The van der Waals surface area contributed by atoms with Gasteiger partial charge in [-0.2, -0.15) is 13.2 Å². The van der Waals surface area contributed by atoms with Crippen molar-refractivity contribution in [1.82, 2.24) is 5.32 Å². The van der Waals surface area contributed by atoms with Crippen molar-refractivity contribution in [3.63, 3.8) is 0 Å². The molecule has 102 valence electrons. The summed E-state index contributed by atoms with van der Waals surface area (Å²) in [6, 6.07) is 5.77. The van der Waals surface area contributed by atoms with Crippen LogP contribution in [0.25, 0.3) is 0 Å². The first kappa shape index (κ1) is 15.1. The zero-order valence-corrected chi connectivity index (χ0v) is 10.6. The van der Waals surface area contributed by atoms with E-state index in [2.05, 4.69) is 10.6 Å². The molecule has 0 spiro atoms. The van der Waals surface area contributed by atoms with E-state index >= 15 is 0 Å². The Balaban J connectivity index is 0.00000162. The molecule has 1 aromatic rings. The molecule has 6 heteroatoms. The third kappa shape index (κ3) is 3.78. The number of para-hydroxylation sites is 1. The molecule has 18 heavy (non-hydrogen) atoms. The van der Waals surface area contributed by atoms with Gasteiger partial charge in [0.05, 0.1) is 5.56 Å². The average Bonchev–Trinajstić information content (AvgIpc) is 2.30. The molecule has 0 atom stereocenters. The van der Waals surface area contributed by atoms with Gasteiger partial charge in [-0.25, -0.2) is 0 Å². The molecule has 2 rings (SSSR count). The Morgan fingerprint density at radius 1 is 1.11 bits per heavy atom. The summed E-state index contributed by atoms with van der Waals surface area (Å²) in [5, 5.41) is 6.18. The summed E-state index contributed by atoms with van der Waals surface area (Å²) in [6.07, 6.45) is -2.59. The van der Waals surface area contributed by atoms with Crippen LogP contribution in [-0.4, -0.2) is 19.1 Å². The maximum atomic E-state index is 12.8. The van der Waals surface area contributed by atoms with Gasteiger partial charge in [0.1, 0.15) is 0 Å². The Morgan fingerprint density at radius 3 is 2.33 bits per heavy atom. The van der Waals surface area contributed by atoms with Gasteiger partial charge < -0.3 is 10.6 Å². The number of nitrogens with one attached hydrogen (secondary N) is 2. The highest BCUT2D eigenvalue weighted by Gasteiger charge is 2.33. The second kappa shape index (κ2) is 6.29. The molecule has 0 bridgehead atoms. The lowest BCUT2D eigenvalue weighted by molar-refractivity contribution is -0.137. The Labute approximate surface area is 110 Å². The van der Waals surface area contributed by atoms with Gasteiger partial charge in [0, 0.05) is 11.7 Å². The predicted octanol–water partition coefficient (Wildman–Crippen LogP) is 3.29. The van der Waals surface area contributed by atoms with E-state index in [1.54, 1.807) is 6.07 Å². The van der Waals surface area contributed by atoms with Crippen LogP contribution in [0.2, 0.25) is 0 Å². The van der Waals surface area contributed by atoms with E-state index in [0.717, 1.165) is 32.0 Å². The van der Waals surface area contributed by atoms with Gasteiger partial charge in [0.25, 0.3) is 0 Å². The molecule has 0 aliphatic carbocycles. The van der Waals surface area contributed by atoms with Crippen molar-refractivity contribution in [3.8, 4) is 0 Å². The number of hydrogen-bond donors (Lipinski definition) is 2. The minimum Gasteiger partial charge on any atom is -0.382 e. The lowest BCUT2D eigenvalue weighted by Crippen LogP contribution is -2.35. The topological polar surface area (TPSA) is 24.1 Å². The summed E-state index contributed by atoms with van der Waals surface area (Å²) in [7, 11) is 0. The number of alkyl halides is 3. The smallest absolute Gasteiger partial charge is 0.382 e. The number of hydrogen-bond acceptors (Lipinski definition) is 2. The molecule has 1 heterocycles. The van der Waals surface area contributed by atoms with Gasteiger partial charge in [0.2, 0.25) is 0 Å². The standard InChI is InChI=1S/C12H15F3N2.ClH/c13-12(14,15)10-3-1-2-4-11(10)17-9-5-7-16-8-6-9;/h1-4,9,16-17H,5-8H2;1H. The fraction of sp³-hybridized carbons (Fsp3) is 0.500. The molecule has 1 aromatic carbocycles. The van der Waals surface area contributed by atoms with Crippen LogP contribution in [-0.2, 0) is 6.18 Å². The number of anilines is 1. The Kier molecular flexibility index (Phi) is 5.28. The largest absolute Gasteiger partial charge is 0.418 e. The Hall–Kier alpha value is -0.940. The molecule has 0 saturated carbocycles. The van der Waals surface area contributed by atoms with Gasteiger partial charge in [0.15, 0.2) is 0 Å². The van der Waals surface area contributed by atoms with Crippen LogP contribution in [0.1, 0.15) is 18.4 Å². The zero-order chi connectivity index (χ0) is 12.3. The van der Waals surface area contributed by atoms with Crippen LogP contribution in [0.3, 0.4) is 0 Å². The van der Waals surface area contributed by atoms with Crippen molar-refractivity contribution in [2.24, 2.45) is 0 Å². The van der Waals surface area contributed by atoms with Crippen LogP contribution in [0, 0.1) is 0 Å². The van der Waals surface area contributed by atoms with Gasteiger partial charge in [-0.15, -0.1) is 12.4 Å². The number of rotatable bonds is 2. The monoisotopic (exact) mass is 280 g/mol. The molecular formula is C12H16ClF3N2. The van der Waals surface area contributed by atoms with Crippen LogP contribution in [0.5, 0.6) is 0 Å². The fourth-order valence-corrected chi connectivity index (χ4v) is 2.04. The summed E-state index contributed by atoms with van der Waals surface area (Å²) >= 11 is 0. The van der Waals surface area contributed by atoms with Crippen LogP contribution in [0.15, 0.2) is 24.3 Å². The minimum atomic E-state index is -4.30. The lowest BCUT2D eigenvalue weighted by atomic mass is 10.1. The van der Waals surface area contributed by atoms with E-state index in [1.165, 1.54) is 12.1 Å². The van der Waals surface area contributed by atoms with Crippen molar-refractivity contribution < 1.29 is 13.2 Å². The molecule has 0 aromatic heterocycles. The van der Waals surface area contributed by atoms with E-state index in [0.29, 0.717) is 0 Å². The maximum Gasteiger partial charge on any atom is 0.418 e. The fourth-order valence-electron chi connectivity index (χ4n) is 2.04. The quantitative estimate of drug-likeness (QED) is 0.869. The first-order valence-corrected chi connectivity index (χ1v) is 5.71. The van der Waals surface area contributed by atoms with Gasteiger partial charge in [-0.05, 0) is 38.1 Å². The first-order chi connectivity index (χ1) is 8.07. The Morgan fingerprint density at radius 2 is 1.72 bits per heavy atom. The first-order valence-electron chi connectivity index (χ1n) is 5.71. The molecule has 0 unspecified atom stereocenters. The lowest BCUT2D eigenvalue weighted by Gasteiger charge is -2.26.